The molecule has 0 saturated carbocycles. The van der Waals surface area contributed by atoms with Crippen molar-refractivity contribution in [2.24, 2.45) is 0 Å². The zero-order valence-electron chi connectivity index (χ0n) is 11.0. The number of rotatable bonds is 4. The van der Waals surface area contributed by atoms with Gasteiger partial charge in [-0.15, -0.1) is 0 Å². The number of nitriles is 1. The van der Waals surface area contributed by atoms with Crippen LogP contribution in [0.2, 0.25) is 0 Å². The molecule has 0 fully saturated rings. The molecule has 4 heteroatoms. The van der Waals surface area contributed by atoms with Gasteiger partial charge in [-0.25, -0.2) is 8.78 Å². The van der Waals surface area contributed by atoms with Gasteiger partial charge in [0.1, 0.15) is 17.7 Å². The van der Waals surface area contributed by atoms with Gasteiger partial charge in [0.05, 0.1) is 11.3 Å². The molecule has 0 amide bonds. The van der Waals surface area contributed by atoms with Gasteiger partial charge in [0.2, 0.25) is 0 Å². The van der Waals surface area contributed by atoms with Crippen LogP contribution in [0.5, 0.6) is 0 Å². The van der Waals surface area contributed by atoms with Crippen LogP contribution in [0.3, 0.4) is 0 Å². The molecule has 1 N–H and O–H groups in total. The Labute approximate surface area is 116 Å². The van der Waals surface area contributed by atoms with Crippen molar-refractivity contribution in [2.75, 3.05) is 5.32 Å². The Balaban J connectivity index is 2.09. The predicted octanol–water partition coefficient (Wildman–Crippen LogP) is 3.88. The van der Waals surface area contributed by atoms with Crippen molar-refractivity contribution in [3.05, 3.63) is 65.2 Å². The first-order valence-electron chi connectivity index (χ1n) is 6.29. The van der Waals surface area contributed by atoms with Gasteiger partial charge >= 0.3 is 0 Å². The highest BCUT2D eigenvalue weighted by Gasteiger charge is 2.08. The summed E-state index contributed by atoms with van der Waals surface area (Å²) in [4.78, 5) is 0. The molecule has 2 rings (SSSR count). The summed E-state index contributed by atoms with van der Waals surface area (Å²) in [5, 5.41) is 12.1. The molecular formula is C16H14F2N2. The van der Waals surface area contributed by atoms with Gasteiger partial charge in [0.15, 0.2) is 0 Å². The monoisotopic (exact) mass is 272 g/mol. The van der Waals surface area contributed by atoms with E-state index in [2.05, 4.69) is 5.32 Å². The molecule has 0 spiro atoms. The maximum absolute atomic E-state index is 13.1. The molecule has 0 bridgehead atoms. The molecule has 0 saturated heterocycles. The summed E-state index contributed by atoms with van der Waals surface area (Å²) < 4.78 is 26.1. The molecule has 0 radical (unpaired) electrons. The highest BCUT2D eigenvalue weighted by Crippen LogP contribution is 2.18. The molecule has 2 aromatic rings. The standard InChI is InChI=1S/C16H14F2N2/c1-11(7-12-3-2-4-14(17)8-12)20-16-6-5-15(18)9-13(16)10-19/h2-6,8-9,11,20H,7H2,1H3. The Kier molecular flexibility index (Phi) is 4.31. The van der Waals surface area contributed by atoms with Crippen LogP contribution in [0.1, 0.15) is 18.1 Å². The first-order valence-corrected chi connectivity index (χ1v) is 6.29. The van der Waals surface area contributed by atoms with Crippen LogP contribution in [0.25, 0.3) is 0 Å². The van der Waals surface area contributed by atoms with Crippen molar-refractivity contribution < 1.29 is 8.78 Å². The first-order chi connectivity index (χ1) is 9.58. The van der Waals surface area contributed by atoms with Crippen LogP contribution in [0.15, 0.2) is 42.5 Å². The van der Waals surface area contributed by atoms with Crippen molar-refractivity contribution in [3.63, 3.8) is 0 Å². The normalized spacial score (nSPS) is 11.7. The lowest BCUT2D eigenvalue weighted by Crippen LogP contribution is -2.18. The van der Waals surface area contributed by atoms with Crippen LogP contribution >= 0.6 is 0 Å². The molecule has 2 nitrogen and oxygen atoms in total. The van der Waals surface area contributed by atoms with Gasteiger partial charge in [0, 0.05) is 6.04 Å². The maximum atomic E-state index is 13.1. The SMILES string of the molecule is CC(Cc1cccc(F)c1)Nc1ccc(F)cc1C#N. The molecule has 0 aliphatic heterocycles. The van der Waals surface area contributed by atoms with Crippen LogP contribution in [0, 0.1) is 23.0 Å². The minimum atomic E-state index is -0.440. The molecule has 102 valence electrons. The van der Waals surface area contributed by atoms with E-state index in [1.165, 1.54) is 30.3 Å². The molecule has 0 heterocycles. The van der Waals surface area contributed by atoms with E-state index in [-0.39, 0.29) is 17.4 Å². The van der Waals surface area contributed by atoms with Gasteiger partial charge in [-0.1, -0.05) is 12.1 Å². The lowest BCUT2D eigenvalue weighted by atomic mass is 10.1. The smallest absolute Gasteiger partial charge is 0.124 e. The summed E-state index contributed by atoms with van der Waals surface area (Å²) in [7, 11) is 0. The summed E-state index contributed by atoms with van der Waals surface area (Å²) in [6.07, 6.45) is 0.611. The Morgan fingerprint density at radius 2 is 1.90 bits per heavy atom. The predicted molar refractivity (Wildman–Crippen MR) is 74.3 cm³/mol. The third-order valence-corrected chi connectivity index (χ3v) is 2.93. The number of nitrogens with one attached hydrogen (secondary N) is 1. The number of hydrogen-bond acceptors (Lipinski definition) is 2. The zero-order valence-corrected chi connectivity index (χ0v) is 11.0. The third-order valence-electron chi connectivity index (χ3n) is 2.93. The van der Waals surface area contributed by atoms with E-state index in [1.807, 2.05) is 19.1 Å². The summed E-state index contributed by atoms with van der Waals surface area (Å²) in [5.41, 5.74) is 1.71. The number of hydrogen-bond donors (Lipinski definition) is 1. The van der Waals surface area contributed by atoms with Crippen molar-refractivity contribution in [2.45, 2.75) is 19.4 Å². The third kappa shape index (κ3) is 3.55. The zero-order chi connectivity index (χ0) is 14.5. The molecule has 1 atom stereocenters. The van der Waals surface area contributed by atoms with E-state index < -0.39 is 5.82 Å². The van der Waals surface area contributed by atoms with Gasteiger partial charge in [-0.05, 0) is 49.2 Å². The fourth-order valence-electron chi connectivity index (χ4n) is 2.07. The lowest BCUT2D eigenvalue weighted by molar-refractivity contribution is 0.623. The second kappa shape index (κ2) is 6.16. The van der Waals surface area contributed by atoms with Crippen LogP contribution < -0.4 is 5.32 Å². The molecule has 0 aliphatic rings. The molecule has 20 heavy (non-hydrogen) atoms. The molecule has 1 unspecified atom stereocenters. The highest BCUT2D eigenvalue weighted by atomic mass is 19.1. The fraction of sp³-hybridized carbons (Fsp3) is 0.188. The van der Waals surface area contributed by atoms with E-state index in [1.54, 1.807) is 6.07 Å². The van der Waals surface area contributed by atoms with Crippen LogP contribution in [0.4, 0.5) is 14.5 Å². The van der Waals surface area contributed by atoms with Crippen molar-refractivity contribution >= 4 is 5.69 Å². The van der Waals surface area contributed by atoms with E-state index >= 15 is 0 Å². The van der Waals surface area contributed by atoms with E-state index in [0.29, 0.717) is 12.1 Å². The van der Waals surface area contributed by atoms with E-state index in [0.717, 1.165) is 5.56 Å². The Morgan fingerprint density at radius 3 is 2.60 bits per heavy atom. The van der Waals surface area contributed by atoms with Crippen molar-refractivity contribution in [1.29, 1.82) is 5.26 Å². The average Bonchev–Trinajstić information content (AvgIpc) is 2.40. The Bertz CT molecular complexity index is 647. The second-order valence-electron chi connectivity index (χ2n) is 4.68. The van der Waals surface area contributed by atoms with E-state index in [4.69, 9.17) is 5.26 Å². The topological polar surface area (TPSA) is 35.8 Å². The molecular weight excluding hydrogens is 258 g/mol. The van der Waals surface area contributed by atoms with Crippen molar-refractivity contribution in [3.8, 4) is 6.07 Å². The summed E-state index contributed by atoms with van der Waals surface area (Å²) in [6.45, 7) is 1.93. The number of benzene rings is 2. The Hall–Kier alpha value is -2.41. The van der Waals surface area contributed by atoms with Gasteiger partial charge < -0.3 is 5.32 Å². The highest BCUT2D eigenvalue weighted by molar-refractivity contribution is 5.57. The fourth-order valence-corrected chi connectivity index (χ4v) is 2.07. The molecule has 2 aromatic carbocycles. The molecule has 0 aromatic heterocycles. The molecule has 0 aliphatic carbocycles. The van der Waals surface area contributed by atoms with Gasteiger partial charge in [-0.3, -0.25) is 0 Å². The Morgan fingerprint density at radius 1 is 1.15 bits per heavy atom. The second-order valence-corrected chi connectivity index (χ2v) is 4.68. The summed E-state index contributed by atoms with van der Waals surface area (Å²) >= 11 is 0. The van der Waals surface area contributed by atoms with Gasteiger partial charge in [-0.2, -0.15) is 5.26 Å². The maximum Gasteiger partial charge on any atom is 0.124 e. The lowest BCUT2D eigenvalue weighted by Gasteiger charge is -2.16. The number of anilines is 1. The van der Waals surface area contributed by atoms with Crippen molar-refractivity contribution in [1.82, 2.24) is 0 Å². The largest absolute Gasteiger partial charge is 0.381 e. The number of halogens is 2. The minimum Gasteiger partial charge on any atom is -0.381 e. The first kappa shape index (κ1) is 14.0. The number of nitrogens with zero attached hydrogens (tertiary/aromatic N) is 1. The average molecular weight is 272 g/mol. The van der Waals surface area contributed by atoms with Crippen LogP contribution in [-0.4, -0.2) is 6.04 Å². The summed E-state index contributed by atoms with van der Waals surface area (Å²) in [5.74, 6) is -0.709. The van der Waals surface area contributed by atoms with Gasteiger partial charge in [0.25, 0.3) is 0 Å². The minimum absolute atomic E-state index is 0.00522. The van der Waals surface area contributed by atoms with Crippen LogP contribution in [-0.2, 0) is 6.42 Å². The van der Waals surface area contributed by atoms with E-state index in [9.17, 15) is 8.78 Å². The summed E-state index contributed by atoms with van der Waals surface area (Å²) in [6, 6.07) is 12.4. The quantitative estimate of drug-likeness (QED) is 0.916.